The van der Waals surface area contributed by atoms with E-state index in [9.17, 15) is 13.6 Å². The highest BCUT2D eigenvalue weighted by Gasteiger charge is 2.11. The molecule has 2 rings (SSSR count). The van der Waals surface area contributed by atoms with Crippen molar-refractivity contribution in [1.82, 2.24) is 4.98 Å². The number of nitrogens with zero attached hydrogens (tertiary/aromatic N) is 1. The Morgan fingerprint density at radius 1 is 1.26 bits per heavy atom. The van der Waals surface area contributed by atoms with Crippen molar-refractivity contribution in [3.63, 3.8) is 0 Å². The lowest BCUT2D eigenvalue weighted by atomic mass is 10.2. The molecule has 0 saturated heterocycles. The maximum Gasteiger partial charge on any atom is 0.337 e. The Kier molecular flexibility index (Phi) is 3.41. The summed E-state index contributed by atoms with van der Waals surface area (Å²) in [6.07, 6.45) is 0. The molecule has 0 unspecified atom stereocenters. The summed E-state index contributed by atoms with van der Waals surface area (Å²) in [5.74, 6) is -2.83. The summed E-state index contributed by atoms with van der Waals surface area (Å²) in [5.41, 5.74) is 0.287. The maximum atomic E-state index is 13.4. The van der Waals surface area contributed by atoms with Crippen LogP contribution in [0.3, 0.4) is 0 Å². The van der Waals surface area contributed by atoms with Crippen LogP contribution in [0.25, 0.3) is 0 Å². The van der Waals surface area contributed by atoms with Crippen molar-refractivity contribution < 1.29 is 18.7 Å². The van der Waals surface area contributed by atoms with Gasteiger partial charge in [-0.1, -0.05) is 6.07 Å². The van der Waals surface area contributed by atoms with E-state index in [-0.39, 0.29) is 22.8 Å². The predicted molar refractivity (Wildman–Crippen MR) is 65.6 cm³/mol. The van der Waals surface area contributed by atoms with Crippen molar-refractivity contribution >= 4 is 17.5 Å². The molecule has 0 atom stereocenters. The molecule has 0 saturated carbocycles. The minimum absolute atomic E-state index is 0.0602. The number of carboxylic acid groups (broad SMARTS) is 1. The Balaban J connectivity index is 2.32. The van der Waals surface area contributed by atoms with Gasteiger partial charge >= 0.3 is 5.97 Å². The van der Waals surface area contributed by atoms with E-state index < -0.39 is 17.6 Å². The molecule has 2 aromatic rings. The number of anilines is 2. The molecule has 0 amide bonds. The second kappa shape index (κ2) is 5.01. The summed E-state index contributed by atoms with van der Waals surface area (Å²) in [6.45, 7) is 1.52. The molecule has 2 N–H and O–H groups in total. The van der Waals surface area contributed by atoms with Crippen molar-refractivity contribution in [3.8, 4) is 0 Å². The summed E-state index contributed by atoms with van der Waals surface area (Å²) in [7, 11) is 0. The number of hydrogen-bond donors (Lipinski definition) is 2. The van der Waals surface area contributed by atoms with Crippen LogP contribution in [-0.2, 0) is 0 Å². The van der Waals surface area contributed by atoms with Crippen LogP contribution < -0.4 is 5.32 Å². The summed E-state index contributed by atoms with van der Waals surface area (Å²) < 4.78 is 26.5. The molecule has 0 bridgehead atoms. The Labute approximate surface area is 107 Å². The monoisotopic (exact) mass is 264 g/mol. The summed E-state index contributed by atoms with van der Waals surface area (Å²) in [4.78, 5) is 14.8. The van der Waals surface area contributed by atoms with E-state index in [0.29, 0.717) is 0 Å². The Bertz CT molecular complexity index is 645. The van der Waals surface area contributed by atoms with Gasteiger partial charge in [-0.25, -0.2) is 18.6 Å². The average Bonchev–Trinajstić information content (AvgIpc) is 2.34. The number of halogens is 2. The number of rotatable bonds is 3. The van der Waals surface area contributed by atoms with Gasteiger partial charge in [0.15, 0.2) is 11.6 Å². The third-order valence-corrected chi connectivity index (χ3v) is 2.53. The van der Waals surface area contributed by atoms with Crippen molar-refractivity contribution in [3.05, 3.63) is 53.2 Å². The highest BCUT2D eigenvalue weighted by atomic mass is 19.2. The van der Waals surface area contributed by atoms with Gasteiger partial charge in [-0.2, -0.15) is 0 Å². The lowest BCUT2D eigenvalue weighted by Crippen LogP contribution is -2.04. The molecule has 98 valence electrons. The lowest BCUT2D eigenvalue weighted by Gasteiger charge is -2.08. The van der Waals surface area contributed by atoms with Gasteiger partial charge in [0.05, 0.1) is 16.9 Å². The number of hydrogen-bond acceptors (Lipinski definition) is 3. The number of aromatic carboxylic acids is 1. The zero-order valence-electron chi connectivity index (χ0n) is 9.95. The molecule has 4 nitrogen and oxygen atoms in total. The summed E-state index contributed by atoms with van der Waals surface area (Å²) in [5, 5.41) is 11.5. The molecule has 0 fully saturated rings. The van der Waals surface area contributed by atoms with Crippen LogP contribution in [0.4, 0.5) is 20.3 Å². The van der Waals surface area contributed by atoms with Gasteiger partial charge in [0.1, 0.15) is 5.82 Å². The van der Waals surface area contributed by atoms with E-state index in [1.54, 1.807) is 0 Å². The van der Waals surface area contributed by atoms with Crippen molar-refractivity contribution in [1.29, 1.82) is 0 Å². The molecule has 0 aliphatic heterocycles. The first-order valence-electron chi connectivity index (χ1n) is 5.41. The van der Waals surface area contributed by atoms with Gasteiger partial charge in [0.2, 0.25) is 0 Å². The summed E-state index contributed by atoms with van der Waals surface area (Å²) >= 11 is 0. The fraction of sp³-hybridized carbons (Fsp3) is 0.0769. The molecule has 1 heterocycles. The van der Waals surface area contributed by atoms with Crippen LogP contribution in [0.15, 0.2) is 30.3 Å². The Morgan fingerprint density at radius 2 is 2.00 bits per heavy atom. The zero-order chi connectivity index (χ0) is 14.0. The standard InChI is InChI=1S/C13H10F2N2O2/c1-7-8(13(18)19)5-6-11(16-7)17-10-4-2-3-9(14)12(10)15/h2-6H,1H3,(H,16,17)(H,18,19). The minimum atomic E-state index is -1.09. The number of aryl methyl sites for hydroxylation is 1. The second-order valence-corrected chi connectivity index (χ2v) is 3.86. The third kappa shape index (κ3) is 2.67. The van der Waals surface area contributed by atoms with Gasteiger partial charge in [0.25, 0.3) is 0 Å². The quantitative estimate of drug-likeness (QED) is 0.894. The van der Waals surface area contributed by atoms with Crippen molar-refractivity contribution in [2.45, 2.75) is 6.92 Å². The zero-order valence-corrected chi connectivity index (χ0v) is 9.95. The molecule has 0 aliphatic rings. The molecule has 0 radical (unpaired) electrons. The van der Waals surface area contributed by atoms with Crippen molar-refractivity contribution in [2.75, 3.05) is 5.32 Å². The van der Waals surface area contributed by atoms with Crippen LogP contribution in [0.5, 0.6) is 0 Å². The Morgan fingerprint density at radius 3 is 2.63 bits per heavy atom. The van der Waals surface area contributed by atoms with Gasteiger partial charge in [0, 0.05) is 0 Å². The molecule has 0 spiro atoms. The van der Waals surface area contributed by atoms with E-state index in [2.05, 4.69) is 10.3 Å². The van der Waals surface area contributed by atoms with Crippen LogP contribution in [-0.4, -0.2) is 16.1 Å². The SMILES string of the molecule is Cc1nc(Nc2cccc(F)c2F)ccc1C(=O)O. The van der Waals surface area contributed by atoms with Crippen LogP contribution in [0.2, 0.25) is 0 Å². The van der Waals surface area contributed by atoms with E-state index in [0.717, 1.165) is 6.07 Å². The third-order valence-electron chi connectivity index (χ3n) is 2.53. The van der Waals surface area contributed by atoms with Crippen LogP contribution in [0.1, 0.15) is 16.1 Å². The maximum absolute atomic E-state index is 13.4. The van der Waals surface area contributed by atoms with Gasteiger partial charge < -0.3 is 10.4 Å². The molecule has 1 aromatic carbocycles. The average molecular weight is 264 g/mol. The second-order valence-electron chi connectivity index (χ2n) is 3.86. The number of nitrogens with one attached hydrogen (secondary N) is 1. The first-order valence-corrected chi connectivity index (χ1v) is 5.41. The van der Waals surface area contributed by atoms with Gasteiger partial charge in [-0.05, 0) is 31.2 Å². The molecular formula is C13H10F2N2O2. The molecule has 0 aliphatic carbocycles. The Hall–Kier alpha value is -2.50. The molecule has 19 heavy (non-hydrogen) atoms. The molecule has 6 heteroatoms. The highest BCUT2D eigenvalue weighted by molar-refractivity contribution is 5.89. The largest absolute Gasteiger partial charge is 0.478 e. The first-order chi connectivity index (χ1) is 8.99. The van der Waals surface area contributed by atoms with Crippen molar-refractivity contribution in [2.24, 2.45) is 0 Å². The number of pyridine rings is 1. The number of carbonyl (C=O) groups is 1. The van der Waals surface area contributed by atoms with Gasteiger partial charge in [-0.3, -0.25) is 0 Å². The van der Waals surface area contributed by atoms with E-state index in [1.165, 1.54) is 31.2 Å². The fourth-order valence-electron chi connectivity index (χ4n) is 1.60. The first kappa shape index (κ1) is 12.9. The van der Waals surface area contributed by atoms with E-state index in [1.807, 2.05) is 0 Å². The predicted octanol–water partition coefficient (Wildman–Crippen LogP) is 3.11. The fourth-order valence-corrected chi connectivity index (χ4v) is 1.60. The normalized spacial score (nSPS) is 10.3. The minimum Gasteiger partial charge on any atom is -0.478 e. The number of carboxylic acids is 1. The van der Waals surface area contributed by atoms with E-state index in [4.69, 9.17) is 5.11 Å². The highest BCUT2D eigenvalue weighted by Crippen LogP contribution is 2.21. The molecular weight excluding hydrogens is 254 g/mol. The van der Waals surface area contributed by atoms with Crippen LogP contribution in [0, 0.1) is 18.6 Å². The lowest BCUT2D eigenvalue weighted by molar-refractivity contribution is 0.0695. The van der Waals surface area contributed by atoms with Crippen LogP contribution >= 0.6 is 0 Å². The summed E-state index contributed by atoms with van der Waals surface area (Å²) in [6, 6.07) is 6.47. The molecule has 1 aromatic heterocycles. The smallest absolute Gasteiger partial charge is 0.337 e. The van der Waals surface area contributed by atoms with E-state index >= 15 is 0 Å². The van der Waals surface area contributed by atoms with Gasteiger partial charge in [-0.15, -0.1) is 0 Å². The number of aromatic nitrogens is 1. The topological polar surface area (TPSA) is 62.2 Å². The number of benzene rings is 1.